The summed E-state index contributed by atoms with van der Waals surface area (Å²) in [5.41, 5.74) is 3.18. The molecule has 1 N–H and O–H groups in total. The van der Waals surface area contributed by atoms with E-state index in [1.165, 1.54) is 6.42 Å². The fourth-order valence-electron chi connectivity index (χ4n) is 3.89. The molecule has 4 rings (SSSR count). The fraction of sp³-hybridized carbons (Fsp3) is 0.222. The lowest BCUT2D eigenvalue weighted by Crippen LogP contribution is -2.40. The van der Waals surface area contributed by atoms with Gasteiger partial charge in [0.2, 0.25) is 0 Å². The average molecular weight is 427 g/mol. The van der Waals surface area contributed by atoms with Gasteiger partial charge in [0.25, 0.3) is 5.91 Å². The summed E-state index contributed by atoms with van der Waals surface area (Å²) in [7, 11) is 0. The Balaban J connectivity index is 1.57. The van der Waals surface area contributed by atoms with Crippen molar-refractivity contribution in [3.8, 4) is 11.1 Å². The average Bonchev–Trinajstić information content (AvgIpc) is 2.86. The molecule has 0 atom stereocenters. The van der Waals surface area contributed by atoms with Crippen LogP contribution in [0.5, 0.6) is 0 Å². The quantitative estimate of drug-likeness (QED) is 0.328. The van der Waals surface area contributed by atoms with Crippen LogP contribution >= 0.6 is 0 Å². The molecular weight excluding hydrogens is 400 g/mol. The van der Waals surface area contributed by atoms with Crippen molar-refractivity contribution in [2.24, 2.45) is 5.16 Å². The van der Waals surface area contributed by atoms with Crippen LogP contribution in [0.4, 0.5) is 0 Å². The second-order valence-electron chi connectivity index (χ2n) is 7.94. The van der Waals surface area contributed by atoms with E-state index in [0.717, 1.165) is 36.8 Å². The van der Waals surface area contributed by atoms with E-state index in [1.807, 2.05) is 60.7 Å². The first-order valence-electron chi connectivity index (χ1n) is 11.0. The minimum Gasteiger partial charge on any atom is -0.348 e. The van der Waals surface area contributed by atoms with Crippen LogP contribution in [-0.4, -0.2) is 23.6 Å². The number of carbonyl (C=O) groups excluding carboxylic acids is 2. The summed E-state index contributed by atoms with van der Waals surface area (Å²) in [5.74, 6) is -0.931. The molecule has 5 heteroatoms. The molecule has 0 spiro atoms. The number of rotatable bonds is 6. The van der Waals surface area contributed by atoms with Gasteiger partial charge in [-0.2, -0.15) is 0 Å². The maximum atomic E-state index is 13.1. The van der Waals surface area contributed by atoms with Gasteiger partial charge in [-0.25, -0.2) is 4.79 Å². The SMILES string of the molecule is O=C(NC1CCCCC1)/C(=N\OC(=O)c1ccccc1)c1ccc(-c2ccccc2)cc1. The van der Waals surface area contributed by atoms with Crippen LogP contribution in [0.1, 0.15) is 48.0 Å². The van der Waals surface area contributed by atoms with Crippen LogP contribution in [0.15, 0.2) is 90.1 Å². The van der Waals surface area contributed by atoms with Gasteiger partial charge in [-0.1, -0.05) is 97.2 Å². The number of hydrogen-bond acceptors (Lipinski definition) is 4. The normalized spacial score (nSPS) is 14.6. The van der Waals surface area contributed by atoms with Crippen LogP contribution in [0.2, 0.25) is 0 Å². The molecular formula is C27H26N2O3. The molecule has 1 amide bonds. The molecule has 0 unspecified atom stereocenters. The van der Waals surface area contributed by atoms with Crippen molar-refractivity contribution in [3.05, 3.63) is 96.1 Å². The van der Waals surface area contributed by atoms with Gasteiger partial charge in [-0.05, 0) is 36.1 Å². The summed E-state index contributed by atoms with van der Waals surface area (Å²) in [6.07, 6.45) is 5.31. The molecule has 1 fully saturated rings. The van der Waals surface area contributed by atoms with E-state index < -0.39 is 5.97 Å². The van der Waals surface area contributed by atoms with Gasteiger partial charge in [-0.3, -0.25) is 4.79 Å². The summed E-state index contributed by atoms with van der Waals surface area (Å²) in [6.45, 7) is 0. The third-order valence-electron chi connectivity index (χ3n) is 5.65. The maximum Gasteiger partial charge on any atom is 0.365 e. The lowest BCUT2D eigenvalue weighted by atomic mass is 9.95. The summed E-state index contributed by atoms with van der Waals surface area (Å²) < 4.78 is 0. The van der Waals surface area contributed by atoms with Crippen LogP contribution in [-0.2, 0) is 9.63 Å². The van der Waals surface area contributed by atoms with E-state index in [-0.39, 0.29) is 17.7 Å². The van der Waals surface area contributed by atoms with Gasteiger partial charge >= 0.3 is 5.97 Å². The molecule has 0 bridgehead atoms. The second kappa shape index (κ2) is 10.5. The largest absolute Gasteiger partial charge is 0.365 e. The number of oxime groups is 1. The monoisotopic (exact) mass is 426 g/mol. The zero-order valence-electron chi connectivity index (χ0n) is 17.9. The van der Waals surface area contributed by atoms with Gasteiger partial charge in [0.1, 0.15) is 0 Å². The lowest BCUT2D eigenvalue weighted by molar-refractivity contribution is -0.115. The number of amides is 1. The van der Waals surface area contributed by atoms with E-state index >= 15 is 0 Å². The predicted octanol–water partition coefficient (Wildman–Crippen LogP) is 5.36. The van der Waals surface area contributed by atoms with Crippen molar-refractivity contribution < 1.29 is 14.4 Å². The summed E-state index contributed by atoms with van der Waals surface area (Å²) in [6, 6.07) is 26.3. The molecule has 5 nitrogen and oxygen atoms in total. The molecule has 1 saturated carbocycles. The first-order chi connectivity index (χ1) is 15.7. The van der Waals surface area contributed by atoms with Crippen LogP contribution in [0, 0.1) is 0 Å². The number of benzene rings is 3. The van der Waals surface area contributed by atoms with E-state index in [1.54, 1.807) is 24.3 Å². The van der Waals surface area contributed by atoms with Crippen LogP contribution in [0.3, 0.4) is 0 Å². The van der Waals surface area contributed by atoms with Crippen molar-refractivity contribution >= 4 is 17.6 Å². The molecule has 0 aliphatic heterocycles. The highest BCUT2D eigenvalue weighted by atomic mass is 16.7. The summed E-state index contributed by atoms with van der Waals surface area (Å²) in [5, 5.41) is 7.06. The first kappa shape index (κ1) is 21.5. The Bertz CT molecular complexity index is 1070. The van der Waals surface area contributed by atoms with Crippen molar-refractivity contribution in [1.29, 1.82) is 0 Å². The Labute approximate surface area is 188 Å². The molecule has 1 aliphatic rings. The molecule has 0 radical (unpaired) electrons. The molecule has 0 heterocycles. The van der Waals surface area contributed by atoms with E-state index in [2.05, 4.69) is 10.5 Å². The Morgan fingerprint density at radius 2 is 1.31 bits per heavy atom. The standard InChI is InChI=1S/C27H26N2O3/c30-26(28-24-14-8-3-9-15-24)25(29-32-27(31)23-12-6-2-7-13-23)22-18-16-21(17-19-22)20-10-4-1-5-11-20/h1-2,4-7,10-13,16-19,24H,3,8-9,14-15H2,(H,28,30)/b29-25-. The highest BCUT2D eigenvalue weighted by molar-refractivity contribution is 6.45. The minimum atomic E-state index is -0.602. The van der Waals surface area contributed by atoms with Gasteiger partial charge in [-0.15, -0.1) is 0 Å². The van der Waals surface area contributed by atoms with E-state index in [4.69, 9.17) is 4.84 Å². The highest BCUT2D eigenvalue weighted by Gasteiger charge is 2.22. The molecule has 1 aliphatic carbocycles. The zero-order valence-corrected chi connectivity index (χ0v) is 17.9. The third kappa shape index (κ3) is 5.49. The Morgan fingerprint density at radius 3 is 1.97 bits per heavy atom. The maximum absolute atomic E-state index is 13.1. The van der Waals surface area contributed by atoms with E-state index in [9.17, 15) is 9.59 Å². The van der Waals surface area contributed by atoms with Crippen molar-refractivity contribution in [1.82, 2.24) is 5.32 Å². The molecule has 162 valence electrons. The zero-order chi connectivity index (χ0) is 22.2. The third-order valence-corrected chi connectivity index (χ3v) is 5.65. The summed E-state index contributed by atoms with van der Waals surface area (Å²) >= 11 is 0. The number of nitrogens with one attached hydrogen (secondary N) is 1. The van der Waals surface area contributed by atoms with Crippen LogP contribution in [0.25, 0.3) is 11.1 Å². The van der Waals surface area contributed by atoms with Gasteiger partial charge in [0, 0.05) is 11.6 Å². The molecule has 0 saturated heterocycles. The Morgan fingerprint density at radius 1 is 0.719 bits per heavy atom. The number of carbonyl (C=O) groups is 2. The smallest absolute Gasteiger partial charge is 0.348 e. The van der Waals surface area contributed by atoms with Gasteiger partial charge in [0.15, 0.2) is 5.71 Å². The number of hydrogen-bond donors (Lipinski definition) is 1. The molecule has 32 heavy (non-hydrogen) atoms. The van der Waals surface area contributed by atoms with Crippen molar-refractivity contribution in [2.45, 2.75) is 38.1 Å². The molecule has 3 aromatic rings. The summed E-state index contributed by atoms with van der Waals surface area (Å²) in [4.78, 5) is 30.6. The van der Waals surface area contributed by atoms with Gasteiger partial charge < -0.3 is 10.2 Å². The van der Waals surface area contributed by atoms with E-state index in [0.29, 0.717) is 11.1 Å². The molecule has 3 aromatic carbocycles. The fourth-order valence-corrected chi connectivity index (χ4v) is 3.89. The predicted molar refractivity (Wildman–Crippen MR) is 125 cm³/mol. The number of nitrogens with zero attached hydrogens (tertiary/aromatic N) is 1. The lowest BCUT2D eigenvalue weighted by Gasteiger charge is -2.23. The Hall–Kier alpha value is -3.73. The molecule has 0 aromatic heterocycles. The highest BCUT2D eigenvalue weighted by Crippen LogP contribution is 2.21. The Kier molecular flexibility index (Phi) is 7.08. The first-order valence-corrected chi connectivity index (χ1v) is 11.0. The second-order valence-corrected chi connectivity index (χ2v) is 7.94. The van der Waals surface area contributed by atoms with Crippen molar-refractivity contribution in [2.75, 3.05) is 0 Å². The minimum absolute atomic E-state index is 0.0967. The van der Waals surface area contributed by atoms with Crippen molar-refractivity contribution in [3.63, 3.8) is 0 Å². The topological polar surface area (TPSA) is 67.8 Å². The van der Waals surface area contributed by atoms with Crippen LogP contribution < -0.4 is 5.32 Å². The van der Waals surface area contributed by atoms with Gasteiger partial charge in [0.05, 0.1) is 5.56 Å².